The molecule has 1 aliphatic heterocycles. The van der Waals surface area contributed by atoms with E-state index in [2.05, 4.69) is 10.2 Å². The third-order valence-electron chi connectivity index (χ3n) is 2.28. The first-order valence-electron chi connectivity index (χ1n) is 4.85. The van der Waals surface area contributed by atoms with Crippen molar-refractivity contribution < 1.29 is 4.43 Å². The van der Waals surface area contributed by atoms with E-state index in [9.17, 15) is 0 Å². The number of nitrogens with zero attached hydrogens (tertiary/aromatic N) is 1. The van der Waals surface area contributed by atoms with Crippen molar-refractivity contribution in [2.45, 2.75) is 12.8 Å². The molecular formula is C8H20N2OSi. The highest BCUT2D eigenvalue weighted by Gasteiger charge is 2.07. The summed E-state index contributed by atoms with van der Waals surface area (Å²) in [4.78, 5) is 2.53. The third-order valence-corrected chi connectivity index (χ3v) is 2.69. The standard InChI is InChI=1S/C8H20N2OSi/c12-11-8-2-1-5-10-6-3-9-4-7-10/h9H,1-8H2,12H3. The monoisotopic (exact) mass is 188 g/mol. The van der Waals surface area contributed by atoms with E-state index in [0.29, 0.717) is 0 Å². The molecule has 4 heteroatoms. The van der Waals surface area contributed by atoms with Gasteiger partial charge in [-0.15, -0.1) is 0 Å². The highest BCUT2D eigenvalue weighted by Crippen LogP contribution is 1.96. The summed E-state index contributed by atoms with van der Waals surface area (Å²) in [6.07, 6.45) is 2.52. The summed E-state index contributed by atoms with van der Waals surface area (Å²) in [6, 6.07) is 0. The molecule has 0 unspecified atom stereocenters. The quantitative estimate of drug-likeness (QED) is 0.441. The molecule has 3 nitrogen and oxygen atoms in total. The summed E-state index contributed by atoms with van der Waals surface area (Å²) in [5.74, 6) is 0. The lowest BCUT2D eigenvalue weighted by Crippen LogP contribution is -2.43. The molecule has 1 fully saturated rings. The van der Waals surface area contributed by atoms with E-state index in [1.54, 1.807) is 0 Å². The fourth-order valence-corrected chi connectivity index (χ4v) is 1.81. The molecule has 0 bridgehead atoms. The Morgan fingerprint density at radius 3 is 2.67 bits per heavy atom. The van der Waals surface area contributed by atoms with Gasteiger partial charge in [0.15, 0.2) is 0 Å². The van der Waals surface area contributed by atoms with Crippen molar-refractivity contribution in [2.24, 2.45) is 0 Å². The minimum Gasteiger partial charge on any atom is -0.428 e. The summed E-state index contributed by atoms with van der Waals surface area (Å²) >= 11 is 0. The predicted molar refractivity (Wildman–Crippen MR) is 54.4 cm³/mol. The minimum atomic E-state index is 0.892. The average molecular weight is 188 g/mol. The lowest BCUT2D eigenvalue weighted by atomic mass is 10.3. The maximum absolute atomic E-state index is 5.14. The lowest BCUT2D eigenvalue weighted by molar-refractivity contribution is 0.228. The molecule has 1 N–H and O–H groups in total. The van der Waals surface area contributed by atoms with E-state index in [-0.39, 0.29) is 0 Å². The Balaban J connectivity index is 1.91. The van der Waals surface area contributed by atoms with Gasteiger partial charge in [0.2, 0.25) is 0 Å². The Labute approximate surface area is 78.0 Å². The van der Waals surface area contributed by atoms with Gasteiger partial charge in [0.25, 0.3) is 0 Å². The van der Waals surface area contributed by atoms with Crippen LogP contribution in [-0.2, 0) is 4.43 Å². The highest BCUT2D eigenvalue weighted by atomic mass is 28.2. The minimum absolute atomic E-state index is 0.892. The molecule has 0 atom stereocenters. The molecule has 0 spiro atoms. The molecule has 0 aromatic heterocycles. The molecule has 1 heterocycles. The van der Waals surface area contributed by atoms with Crippen LogP contribution < -0.4 is 5.32 Å². The van der Waals surface area contributed by atoms with Crippen LogP contribution in [0.2, 0.25) is 0 Å². The molecule has 1 aliphatic rings. The molecular weight excluding hydrogens is 168 g/mol. The van der Waals surface area contributed by atoms with Gasteiger partial charge in [-0.05, 0) is 19.4 Å². The summed E-state index contributed by atoms with van der Waals surface area (Å²) < 4.78 is 5.14. The van der Waals surface area contributed by atoms with Crippen LogP contribution in [-0.4, -0.2) is 54.7 Å². The molecule has 0 amide bonds. The van der Waals surface area contributed by atoms with Crippen molar-refractivity contribution in [2.75, 3.05) is 39.3 Å². The van der Waals surface area contributed by atoms with E-state index >= 15 is 0 Å². The number of unbranched alkanes of at least 4 members (excludes halogenated alkanes) is 1. The van der Waals surface area contributed by atoms with Crippen LogP contribution in [0.3, 0.4) is 0 Å². The number of piperazine rings is 1. The van der Waals surface area contributed by atoms with Crippen LogP contribution in [0.25, 0.3) is 0 Å². The third kappa shape index (κ3) is 4.20. The molecule has 0 saturated carbocycles. The van der Waals surface area contributed by atoms with Crippen molar-refractivity contribution in [3.8, 4) is 0 Å². The van der Waals surface area contributed by atoms with Gasteiger partial charge in [-0.2, -0.15) is 0 Å². The van der Waals surface area contributed by atoms with Crippen LogP contribution in [0, 0.1) is 0 Å². The Morgan fingerprint density at radius 2 is 2.00 bits per heavy atom. The van der Waals surface area contributed by atoms with Crippen molar-refractivity contribution in [3.63, 3.8) is 0 Å². The summed E-state index contributed by atoms with van der Waals surface area (Å²) in [7, 11) is 0.892. The van der Waals surface area contributed by atoms with E-state index < -0.39 is 0 Å². The van der Waals surface area contributed by atoms with Crippen LogP contribution in [0.5, 0.6) is 0 Å². The maximum atomic E-state index is 5.14. The molecule has 0 aromatic rings. The summed E-state index contributed by atoms with van der Waals surface area (Å²) in [5.41, 5.74) is 0. The number of hydrogen-bond acceptors (Lipinski definition) is 3. The fourth-order valence-electron chi connectivity index (χ4n) is 1.52. The second-order valence-corrected chi connectivity index (χ2v) is 3.87. The van der Waals surface area contributed by atoms with Crippen LogP contribution in [0.15, 0.2) is 0 Å². The Bertz CT molecular complexity index is 107. The Morgan fingerprint density at radius 1 is 1.25 bits per heavy atom. The van der Waals surface area contributed by atoms with Crippen molar-refractivity contribution in [3.05, 3.63) is 0 Å². The average Bonchev–Trinajstić information content (AvgIpc) is 2.14. The van der Waals surface area contributed by atoms with Crippen molar-refractivity contribution in [1.82, 2.24) is 10.2 Å². The smallest absolute Gasteiger partial charge is 0.145 e. The first-order chi connectivity index (χ1) is 5.93. The predicted octanol–water partition coefficient (Wildman–Crippen LogP) is -1.03. The molecule has 12 heavy (non-hydrogen) atoms. The number of rotatable bonds is 5. The van der Waals surface area contributed by atoms with Gasteiger partial charge >= 0.3 is 0 Å². The van der Waals surface area contributed by atoms with Crippen LogP contribution in [0.1, 0.15) is 12.8 Å². The maximum Gasteiger partial charge on any atom is 0.145 e. The summed E-state index contributed by atoms with van der Waals surface area (Å²) in [5, 5.41) is 3.36. The zero-order valence-electron chi connectivity index (χ0n) is 8.01. The van der Waals surface area contributed by atoms with Gasteiger partial charge in [0.05, 0.1) is 0 Å². The Hall–Kier alpha value is 0.0969. The van der Waals surface area contributed by atoms with Crippen LogP contribution >= 0.6 is 0 Å². The summed E-state index contributed by atoms with van der Waals surface area (Å²) in [6.45, 7) is 7.00. The van der Waals surface area contributed by atoms with Gasteiger partial charge in [0.1, 0.15) is 10.5 Å². The Kier molecular flexibility index (Phi) is 5.59. The first kappa shape index (κ1) is 10.2. The molecule has 1 saturated heterocycles. The van der Waals surface area contributed by atoms with E-state index in [1.165, 1.54) is 32.5 Å². The van der Waals surface area contributed by atoms with Crippen LogP contribution in [0.4, 0.5) is 0 Å². The fraction of sp³-hybridized carbons (Fsp3) is 1.00. The zero-order valence-corrected chi connectivity index (χ0v) is 10.0. The first-order valence-corrected chi connectivity index (χ1v) is 5.67. The molecule has 72 valence electrons. The molecule has 0 radical (unpaired) electrons. The van der Waals surface area contributed by atoms with Gasteiger partial charge in [-0.3, -0.25) is 0 Å². The van der Waals surface area contributed by atoms with E-state index in [1.807, 2.05) is 0 Å². The second kappa shape index (κ2) is 6.60. The molecule has 0 aromatic carbocycles. The van der Waals surface area contributed by atoms with Gasteiger partial charge in [0, 0.05) is 32.8 Å². The topological polar surface area (TPSA) is 24.5 Å². The number of nitrogens with one attached hydrogen (secondary N) is 1. The van der Waals surface area contributed by atoms with Crippen molar-refractivity contribution in [1.29, 1.82) is 0 Å². The van der Waals surface area contributed by atoms with Crippen molar-refractivity contribution >= 4 is 10.5 Å². The normalized spacial score (nSPS) is 20.0. The zero-order chi connectivity index (χ0) is 8.65. The number of hydrogen-bond donors (Lipinski definition) is 1. The van der Waals surface area contributed by atoms with Gasteiger partial charge in [-0.1, -0.05) is 0 Å². The lowest BCUT2D eigenvalue weighted by Gasteiger charge is -2.26. The second-order valence-electron chi connectivity index (χ2n) is 3.29. The van der Waals surface area contributed by atoms with Gasteiger partial charge < -0.3 is 14.6 Å². The molecule has 1 rings (SSSR count). The van der Waals surface area contributed by atoms with E-state index in [4.69, 9.17) is 4.43 Å². The largest absolute Gasteiger partial charge is 0.428 e. The molecule has 0 aliphatic carbocycles. The van der Waals surface area contributed by atoms with Gasteiger partial charge in [-0.25, -0.2) is 0 Å². The SMILES string of the molecule is [SiH3]OCCCCN1CCNCC1. The highest BCUT2D eigenvalue weighted by molar-refractivity contribution is 5.97. The van der Waals surface area contributed by atoms with E-state index in [0.717, 1.165) is 30.2 Å².